The zero-order valence-electron chi connectivity index (χ0n) is 16.2. The molecule has 156 valence electrons. The topological polar surface area (TPSA) is 76.2 Å². The number of rotatable bonds is 6. The first kappa shape index (κ1) is 20.9. The molecule has 1 aromatic heterocycles. The second-order valence-electron chi connectivity index (χ2n) is 6.72. The van der Waals surface area contributed by atoms with E-state index in [1.54, 1.807) is 16.7 Å². The average Bonchev–Trinajstić information content (AvgIpc) is 3.04. The lowest BCUT2D eigenvalue weighted by Crippen LogP contribution is -2.08. The standard InChI is InChI=1S/C23H17Cl2N3O3/c24-16-10-11-18(25)20(12-16)31-14-21(29)26-27-22-17-8-4-5-9-19(17)28(23(22)30)13-15-6-2-1-3-7-15/h1-12,30H,13-14H2. The van der Waals surface area contributed by atoms with Crippen molar-refractivity contribution in [3.8, 4) is 11.6 Å². The van der Waals surface area contributed by atoms with Gasteiger partial charge in [0.1, 0.15) is 5.75 Å². The number of para-hydroxylation sites is 1. The van der Waals surface area contributed by atoms with E-state index in [-0.39, 0.29) is 23.9 Å². The highest BCUT2D eigenvalue weighted by Gasteiger charge is 2.17. The fraction of sp³-hybridized carbons (Fsp3) is 0.0870. The SMILES string of the molecule is O=C(COc1cc(Cl)ccc1Cl)N=Nc1c(O)n(Cc2ccccc2)c2ccccc12. The molecular weight excluding hydrogens is 437 g/mol. The van der Waals surface area contributed by atoms with Crippen LogP contribution < -0.4 is 4.74 Å². The molecule has 0 bridgehead atoms. The molecule has 1 N–H and O–H groups in total. The second kappa shape index (κ2) is 9.20. The Hall–Kier alpha value is -3.35. The molecule has 4 rings (SSSR count). The first-order valence-corrected chi connectivity index (χ1v) is 10.1. The summed E-state index contributed by atoms with van der Waals surface area (Å²) in [5, 5.41) is 20.0. The van der Waals surface area contributed by atoms with Gasteiger partial charge >= 0.3 is 5.91 Å². The molecule has 0 atom stereocenters. The lowest BCUT2D eigenvalue weighted by atomic mass is 10.2. The Morgan fingerprint density at radius 3 is 2.55 bits per heavy atom. The van der Waals surface area contributed by atoms with E-state index in [0.29, 0.717) is 22.0 Å². The molecule has 0 aliphatic heterocycles. The Kier molecular flexibility index (Phi) is 6.21. The molecule has 0 saturated heterocycles. The zero-order valence-corrected chi connectivity index (χ0v) is 17.7. The quantitative estimate of drug-likeness (QED) is 0.343. The van der Waals surface area contributed by atoms with E-state index in [0.717, 1.165) is 11.1 Å². The summed E-state index contributed by atoms with van der Waals surface area (Å²) in [4.78, 5) is 12.2. The van der Waals surface area contributed by atoms with Gasteiger partial charge in [-0.1, -0.05) is 71.7 Å². The number of carbonyl (C=O) groups is 1. The maximum atomic E-state index is 12.2. The molecule has 3 aromatic carbocycles. The fourth-order valence-electron chi connectivity index (χ4n) is 3.16. The zero-order chi connectivity index (χ0) is 21.8. The van der Waals surface area contributed by atoms with Crippen molar-refractivity contribution in [3.63, 3.8) is 0 Å². The summed E-state index contributed by atoms with van der Waals surface area (Å²) in [6, 6.07) is 21.8. The molecular formula is C23H17Cl2N3O3. The monoisotopic (exact) mass is 453 g/mol. The number of hydrogen-bond donors (Lipinski definition) is 1. The summed E-state index contributed by atoms with van der Waals surface area (Å²) in [5.41, 5.74) is 2.03. The number of carbonyl (C=O) groups excluding carboxylic acids is 1. The lowest BCUT2D eigenvalue weighted by molar-refractivity contribution is -0.120. The van der Waals surface area contributed by atoms with Crippen LogP contribution in [0.15, 0.2) is 83.0 Å². The van der Waals surface area contributed by atoms with Crippen LogP contribution in [0.25, 0.3) is 10.9 Å². The number of aromatic nitrogens is 1. The number of azo groups is 1. The number of aromatic hydroxyl groups is 1. The smallest absolute Gasteiger partial charge is 0.302 e. The van der Waals surface area contributed by atoms with Gasteiger partial charge in [-0.05, 0) is 23.8 Å². The van der Waals surface area contributed by atoms with Crippen LogP contribution in [-0.2, 0) is 11.3 Å². The van der Waals surface area contributed by atoms with E-state index < -0.39 is 5.91 Å². The molecule has 0 unspecified atom stereocenters. The van der Waals surface area contributed by atoms with Crippen LogP contribution in [0.1, 0.15) is 5.56 Å². The van der Waals surface area contributed by atoms with Gasteiger partial charge in [-0.15, -0.1) is 10.2 Å². The van der Waals surface area contributed by atoms with Gasteiger partial charge in [0.15, 0.2) is 12.3 Å². The third kappa shape index (κ3) is 4.71. The highest BCUT2D eigenvalue weighted by Crippen LogP contribution is 2.39. The molecule has 0 radical (unpaired) electrons. The van der Waals surface area contributed by atoms with E-state index in [1.165, 1.54) is 6.07 Å². The van der Waals surface area contributed by atoms with Crippen molar-refractivity contribution in [2.24, 2.45) is 10.2 Å². The van der Waals surface area contributed by atoms with Crippen LogP contribution in [0.2, 0.25) is 10.0 Å². The number of ether oxygens (including phenoxy) is 1. The molecule has 31 heavy (non-hydrogen) atoms. The minimum Gasteiger partial charge on any atom is -0.493 e. The highest BCUT2D eigenvalue weighted by molar-refractivity contribution is 6.34. The average molecular weight is 454 g/mol. The number of benzene rings is 3. The van der Waals surface area contributed by atoms with Crippen molar-refractivity contribution in [1.82, 2.24) is 4.57 Å². The number of halogens is 2. The van der Waals surface area contributed by atoms with Crippen LogP contribution in [0.5, 0.6) is 11.6 Å². The molecule has 0 aliphatic rings. The molecule has 1 heterocycles. The molecule has 1 amide bonds. The molecule has 0 saturated carbocycles. The Labute approximate surface area is 188 Å². The minimum absolute atomic E-state index is 0.0691. The Morgan fingerprint density at radius 1 is 1.00 bits per heavy atom. The molecule has 0 spiro atoms. The summed E-state index contributed by atoms with van der Waals surface area (Å²) in [5.74, 6) is -0.421. The van der Waals surface area contributed by atoms with Gasteiger partial charge in [0, 0.05) is 16.5 Å². The van der Waals surface area contributed by atoms with Crippen LogP contribution in [0.4, 0.5) is 5.69 Å². The number of hydrogen-bond acceptors (Lipinski definition) is 4. The number of fused-ring (bicyclic) bond motifs is 1. The van der Waals surface area contributed by atoms with Gasteiger partial charge in [0.2, 0.25) is 5.88 Å². The summed E-state index contributed by atoms with van der Waals surface area (Å²) in [7, 11) is 0. The van der Waals surface area contributed by atoms with Crippen LogP contribution in [0, 0.1) is 0 Å². The molecule has 8 heteroatoms. The van der Waals surface area contributed by atoms with Crippen molar-refractivity contribution in [1.29, 1.82) is 0 Å². The van der Waals surface area contributed by atoms with E-state index in [9.17, 15) is 9.90 Å². The Morgan fingerprint density at radius 2 is 1.74 bits per heavy atom. The van der Waals surface area contributed by atoms with E-state index in [1.807, 2.05) is 54.6 Å². The maximum Gasteiger partial charge on any atom is 0.302 e. The van der Waals surface area contributed by atoms with E-state index in [2.05, 4.69) is 10.2 Å². The van der Waals surface area contributed by atoms with Crippen molar-refractivity contribution in [2.75, 3.05) is 6.61 Å². The molecule has 6 nitrogen and oxygen atoms in total. The van der Waals surface area contributed by atoms with Gasteiger partial charge in [-0.2, -0.15) is 0 Å². The highest BCUT2D eigenvalue weighted by atomic mass is 35.5. The van der Waals surface area contributed by atoms with Gasteiger partial charge in [0.25, 0.3) is 0 Å². The van der Waals surface area contributed by atoms with E-state index >= 15 is 0 Å². The fourth-order valence-corrected chi connectivity index (χ4v) is 3.49. The Bertz CT molecular complexity index is 1270. The molecule has 0 fully saturated rings. The first-order valence-electron chi connectivity index (χ1n) is 9.39. The van der Waals surface area contributed by atoms with Gasteiger partial charge in [-0.3, -0.25) is 4.79 Å². The summed E-state index contributed by atoms with van der Waals surface area (Å²) < 4.78 is 7.11. The summed E-state index contributed by atoms with van der Waals surface area (Å²) in [6.07, 6.45) is 0. The van der Waals surface area contributed by atoms with Crippen molar-refractivity contribution in [3.05, 3.63) is 88.4 Å². The minimum atomic E-state index is -0.629. The summed E-state index contributed by atoms with van der Waals surface area (Å²) in [6.45, 7) is 0.0833. The van der Waals surface area contributed by atoms with Crippen molar-refractivity contribution >= 4 is 45.7 Å². The molecule has 4 aromatic rings. The van der Waals surface area contributed by atoms with Crippen LogP contribution >= 0.6 is 23.2 Å². The van der Waals surface area contributed by atoms with E-state index in [4.69, 9.17) is 27.9 Å². The number of nitrogens with zero attached hydrogens (tertiary/aromatic N) is 3. The third-order valence-electron chi connectivity index (χ3n) is 4.61. The maximum absolute atomic E-state index is 12.2. The van der Waals surface area contributed by atoms with Gasteiger partial charge < -0.3 is 14.4 Å². The van der Waals surface area contributed by atoms with Gasteiger partial charge in [-0.25, -0.2) is 0 Å². The lowest BCUT2D eigenvalue weighted by Gasteiger charge is -2.07. The first-order chi connectivity index (χ1) is 15.0. The normalized spacial score (nSPS) is 11.3. The van der Waals surface area contributed by atoms with Crippen molar-refractivity contribution in [2.45, 2.75) is 6.54 Å². The second-order valence-corrected chi connectivity index (χ2v) is 7.56. The third-order valence-corrected chi connectivity index (χ3v) is 5.15. The van der Waals surface area contributed by atoms with Crippen molar-refractivity contribution < 1.29 is 14.6 Å². The number of amides is 1. The largest absolute Gasteiger partial charge is 0.493 e. The predicted octanol–water partition coefficient (Wildman–Crippen LogP) is 6.39. The van der Waals surface area contributed by atoms with Gasteiger partial charge in [0.05, 0.1) is 17.1 Å². The summed E-state index contributed by atoms with van der Waals surface area (Å²) >= 11 is 11.9. The Balaban J connectivity index is 1.56. The van der Waals surface area contributed by atoms with Crippen LogP contribution in [0.3, 0.4) is 0 Å². The molecule has 0 aliphatic carbocycles. The predicted molar refractivity (Wildman–Crippen MR) is 121 cm³/mol. The van der Waals surface area contributed by atoms with Crippen LogP contribution in [-0.4, -0.2) is 22.2 Å².